The Labute approximate surface area is 104 Å². The molecule has 18 heavy (non-hydrogen) atoms. The highest BCUT2D eigenvalue weighted by molar-refractivity contribution is 5.96. The van der Waals surface area contributed by atoms with E-state index in [0.29, 0.717) is 0 Å². The van der Waals surface area contributed by atoms with E-state index >= 15 is 0 Å². The quantitative estimate of drug-likeness (QED) is 0.728. The number of nitrogens with zero attached hydrogens (tertiary/aromatic N) is 1. The van der Waals surface area contributed by atoms with Crippen LogP contribution in [0.5, 0.6) is 0 Å². The molecule has 0 saturated carbocycles. The van der Waals surface area contributed by atoms with Gasteiger partial charge in [-0.25, -0.2) is 4.79 Å². The Morgan fingerprint density at radius 1 is 1.61 bits per heavy atom. The van der Waals surface area contributed by atoms with Crippen molar-refractivity contribution in [1.82, 2.24) is 9.88 Å². The third-order valence-electron chi connectivity index (χ3n) is 2.37. The van der Waals surface area contributed by atoms with Crippen molar-refractivity contribution in [2.24, 2.45) is 7.05 Å². The number of amides is 1. The highest BCUT2D eigenvalue weighted by Crippen LogP contribution is 1.99. The van der Waals surface area contributed by atoms with Gasteiger partial charge in [-0.3, -0.25) is 9.59 Å². The minimum Gasteiger partial charge on any atom is -0.480 e. The largest absolute Gasteiger partial charge is 0.480 e. The van der Waals surface area contributed by atoms with Crippen molar-refractivity contribution >= 4 is 11.9 Å². The maximum absolute atomic E-state index is 11.7. The third-order valence-corrected chi connectivity index (χ3v) is 2.37. The molecule has 0 radical (unpaired) electrons. The fraction of sp³-hybridized carbons (Fsp3) is 0.250. The zero-order valence-electron chi connectivity index (χ0n) is 9.92. The summed E-state index contributed by atoms with van der Waals surface area (Å²) in [5.74, 6) is -1.74. The van der Waals surface area contributed by atoms with Crippen molar-refractivity contribution in [2.75, 3.05) is 0 Å². The average molecular weight is 250 g/mol. The van der Waals surface area contributed by atoms with E-state index in [9.17, 15) is 14.4 Å². The molecule has 1 amide bonds. The van der Waals surface area contributed by atoms with Crippen LogP contribution < -0.4 is 10.9 Å². The Hall–Kier alpha value is -2.37. The lowest BCUT2D eigenvalue weighted by atomic mass is 10.2. The van der Waals surface area contributed by atoms with E-state index in [1.807, 2.05) is 0 Å². The Morgan fingerprint density at radius 3 is 2.78 bits per heavy atom. The number of aryl methyl sites for hydroxylation is 1. The minimum atomic E-state index is -1.15. The molecule has 2 N–H and O–H groups in total. The van der Waals surface area contributed by atoms with Gasteiger partial charge in [-0.15, -0.1) is 6.58 Å². The second kappa shape index (κ2) is 5.81. The fourth-order valence-electron chi connectivity index (χ4n) is 1.32. The molecule has 96 valence electrons. The van der Waals surface area contributed by atoms with E-state index in [2.05, 4.69) is 11.9 Å². The number of carboxylic acids is 1. The first-order chi connectivity index (χ1) is 8.45. The number of rotatable bonds is 5. The summed E-state index contributed by atoms with van der Waals surface area (Å²) in [6.07, 6.45) is 2.97. The van der Waals surface area contributed by atoms with Crippen molar-refractivity contribution in [3.63, 3.8) is 0 Å². The Bertz CT molecular complexity index is 533. The smallest absolute Gasteiger partial charge is 0.326 e. The van der Waals surface area contributed by atoms with Crippen LogP contribution in [0.2, 0.25) is 0 Å². The number of pyridine rings is 1. The molecule has 6 nitrogen and oxygen atoms in total. The zero-order chi connectivity index (χ0) is 13.7. The summed E-state index contributed by atoms with van der Waals surface area (Å²) in [4.78, 5) is 33.9. The molecule has 1 aromatic heterocycles. The summed E-state index contributed by atoms with van der Waals surface area (Å²) >= 11 is 0. The molecule has 0 fully saturated rings. The lowest BCUT2D eigenvalue weighted by molar-refractivity contribution is -0.139. The number of carboxylic acid groups (broad SMARTS) is 1. The monoisotopic (exact) mass is 250 g/mol. The van der Waals surface area contributed by atoms with E-state index < -0.39 is 17.9 Å². The first-order valence-corrected chi connectivity index (χ1v) is 5.27. The SMILES string of the molecule is C=CCC(NC(=O)c1ccn(C)c(=O)c1)C(=O)O. The van der Waals surface area contributed by atoms with E-state index in [0.717, 1.165) is 6.07 Å². The van der Waals surface area contributed by atoms with Gasteiger partial charge in [0.1, 0.15) is 6.04 Å². The molecule has 0 bridgehead atoms. The van der Waals surface area contributed by atoms with Gasteiger partial charge in [-0.2, -0.15) is 0 Å². The summed E-state index contributed by atoms with van der Waals surface area (Å²) in [7, 11) is 1.56. The predicted octanol–water partition coefficient (Wildman–Crippen LogP) is 0.144. The van der Waals surface area contributed by atoms with Gasteiger partial charge in [0, 0.05) is 24.9 Å². The zero-order valence-corrected chi connectivity index (χ0v) is 9.92. The first-order valence-electron chi connectivity index (χ1n) is 5.27. The molecule has 0 aliphatic heterocycles. The second-order valence-corrected chi connectivity index (χ2v) is 3.75. The number of hydrogen-bond donors (Lipinski definition) is 2. The third kappa shape index (κ3) is 3.31. The second-order valence-electron chi connectivity index (χ2n) is 3.75. The van der Waals surface area contributed by atoms with Crippen molar-refractivity contribution in [2.45, 2.75) is 12.5 Å². The van der Waals surface area contributed by atoms with Gasteiger partial charge >= 0.3 is 5.97 Å². The molecule has 0 aliphatic carbocycles. The number of aromatic nitrogens is 1. The van der Waals surface area contributed by atoms with Gasteiger partial charge in [0.2, 0.25) is 0 Å². The molecule has 1 unspecified atom stereocenters. The van der Waals surface area contributed by atoms with Crippen LogP contribution in [0.1, 0.15) is 16.8 Å². The number of nitrogens with one attached hydrogen (secondary N) is 1. The number of hydrogen-bond acceptors (Lipinski definition) is 3. The molecule has 1 rings (SSSR count). The number of aliphatic carboxylic acids is 1. The Balaban J connectivity index is 2.86. The normalized spacial score (nSPS) is 11.6. The topological polar surface area (TPSA) is 88.4 Å². The molecule has 0 spiro atoms. The maximum Gasteiger partial charge on any atom is 0.326 e. The lowest BCUT2D eigenvalue weighted by Crippen LogP contribution is -2.40. The van der Waals surface area contributed by atoms with Gasteiger partial charge in [0.25, 0.3) is 11.5 Å². The fourth-order valence-corrected chi connectivity index (χ4v) is 1.32. The van der Waals surface area contributed by atoms with Crippen LogP contribution in [0, 0.1) is 0 Å². The lowest BCUT2D eigenvalue weighted by Gasteiger charge is -2.12. The number of carbonyl (C=O) groups is 2. The molecule has 0 aromatic carbocycles. The summed E-state index contributed by atoms with van der Waals surface area (Å²) in [6, 6.07) is 1.56. The van der Waals surface area contributed by atoms with Gasteiger partial charge < -0.3 is 15.0 Å². The van der Waals surface area contributed by atoms with Crippen LogP contribution in [0.3, 0.4) is 0 Å². The molecule has 0 saturated heterocycles. The molecule has 1 heterocycles. The van der Waals surface area contributed by atoms with Crippen LogP contribution in [0.4, 0.5) is 0 Å². The van der Waals surface area contributed by atoms with E-state index in [1.54, 1.807) is 7.05 Å². The highest BCUT2D eigenvalue weighted by atomic mass is 16.4. The maximum atomic E-state index is 11.7. The van der Waals surface area contributed by atoms with Crippen molar-refractivity contribution < 1.29 is 14.7 Å². The van der Waals surface area contributed by atoms with Crippen LogP contribution in [-0.4, -0.2) is 27.6 Å². The molecular formula is C12H14N2O4. The van der Waals surface area contributed by atoms with Gasteiger partial charge in [-0.1, -0.05) is 6.08 Å². The number of carbonyl (C=O) groups excluding carboxylic acids is 1. The van der Waals surface area contributed by atoms with E-state index in [-0.39, 0.29) is 17.5 Å². The van der Waals surface area contributed by atoms with Gasteiger partial charge in [0.05, 0.1) is 0 Å². The van der Waals surface area contributed by atoms with Crippen LogP contribution >= 0.6 is 0 Å². The molecule has 0 aliphatic rings. The highest BCUT2D eigenvalue weighted by Gasteiger charge is 2.19. The Kier molecular flexibility index (Phi) is 4.42. The van der Waals surface area contributed by atoms with E-state index in [4.69, 9.17) is 5.11 Å². The van der Waals surface area contributed by atoms with Gasteiger partial charge in [-0.05, 0) is 12.5 Å². The molecule has 6 heteroatoms. The predicted molar refractivity (Wildman–Crippen MR) is 65.4 cm³/mol. The summed E-state index contributed by atoms with van der Waals surface area (Å²) in [5, 5.41) is 11.2. The molecule has 1 aromatic rings. The van der Waals surface area contributed by atoms with Crippen molar-refractivity contribution in [1.29, 1.82) is 0 Å². The van der Waals surface area contributed by atoms with Crippen LogP contribution in [0.25, 0.3) is 0 Å². The van der Waals surface area contributed by atoms with Gasteiger partial charge in [0.15, 0.2) is 0 Å². The Morgan fingerprint density at radius 2 is 2.28 bits per heavy atom. The van der Waals surface area contributed by atoms with Crippen molar-refractivity contribution in [3.8, 4) is 0 Å². The molecular weight excluding hydrogens is 236 g/mol. The minimum absolute atomic E-state index is 0.117. The summed E-state index contributed by atoms with van der Waals surface area (Å²) < 4.78 is 1.31. The van der Waals surface area contributed by atoms with E-state index in [1.165, 1.54) is 22.9 Å². The van der Waals surface area contributed by atoms with Crippen LogP contribution in [-0.2, 0) is 11.8 Å². The molecule has 1 atom stereocenters. The standard InChI is InChI=1S/C12H14N2O4/c1-3-4-9(12(17)18)13-11(16)8-5-6-14(2)10(15)7-8/h3,5-7,9H,1,4H2,2H3,(H,13,16)(H,17,18). The first kappa shape index (κ1) is 13.7. The summed E-state index contributed by atoms with van der Waals surface area (Å²) in [5.41, 5.74) is -0.202. The average Bonchev–Trinajstić information content (AvgIpc) is 2.31. The van der Waals surface area contributed by atoms with Crippen molar-refractivity contribution in [3.05, 3.63) is 46.9 Å². The van der Waals surface area contributed by atoms with Crippen LogP contribution in [0.15, 0.2) is 35.8 Å². The summed E-state index contributed by atoms with van der Waals surface area (Å²) in [6.45, 7) is 3.42.